The molecule has 3 unspecified atom stereocenters. The van der Waals surface area contributed by atoms with Crippen LogP contribution >= 0.6 is 0 Å². The number of nitrogens with zero attached hydrogens (tertiary/aromatic N) is 1. The number of aliphatic carboxylic acids is 1. The lowest BCUT2D eigenvalue weighted by atomic mass is 9.91. The minimum absolute atomic E-state index is 0.0832. The van der Waals surface area contributed by atoms with E-state index in [0.29, 0.717) is 13.2 Å². The number of carbonyl (C=O) groups is 1. The summed E-state index contributed by atoms with van der Waals surface area (Å²) < 4.78 is 11.6. The summed E-state index contributed by atoms with van der Waals surface area (Å²) in [6.45, 7) is 6.67. The summed E-state index contributed by atoms with van der Waals surface area (Å²) in [5.41, 5.74) is 1.92. The Labute approximate surface area is 216 Å². The Morgan fingerprint density at radius 3 is 2.53 bits per heavy atom. The fourth-order valence-electron chi connectivity index (χ4n) is 4.78. The molecule has 0 amide bonds. The van der Waals surface area contributed by atoms with E-state index in [1.807, 2.05) is 19.1 Å². The van der Waals surface area contributed by atoms with Crippen LogP contribution in [-0.4, -0.2) is 41.9 Å². The highest BCUT2D eigenvalue weighted by Gasteiger charge is 2.44. The van der Waals surface area contributed by atoms with Crippen molar-refractivity contribution in [3.05, 3.63) is 48.0 Å². The van der Waals surface area contributed by atoms with E-state index in [2.05, 4.69) is 42.4 Å². The lowest BCUT2D eigenvalue weighted by Crippen LogP contribution is -2.52. The minimum Gasteiger partial charge on any atom is -0.477 e. The van der Waals surface area contributed by atoms with Crippen LogP contribution in [0.15, 0.2) is 47.6 Å². The largest absolute Gasteiger partial charge is 0.477 e. The molecular weight excluding hydrogens is 454 g/mol. The van der Waals surface area contributed by atoms with Crippen molar-refractivity contribution < 1.29 is 24.2 Å². The van der Waals surface area contributed by atoms with Gasteiger partial charge >= 0.3 is 5.97 Å². The smallest absolute Gasteiger partial charge is 0.364 e. The average molecular weight is 498 g/mol. The molecule has 1 N–H and O–H groups in total. The van der Waals surface area contributed by atoms with E-state index in [-0.39, 0.29) is 12.0 Å². The average Bonchev–Trinajstić information content (AvgIpc) is 2.88. The monoisotopic (exact) mass is 497 g/mol. The molecule has 0 bridgehead atoms. The zero-order valence-electron chi connectivity index (χ0n) is 22.2. The number of unbranched alkanes of at least 4 members (excludes halogenated alkanes) is 6. The van der Waals surface area contributed by atoms with Gasteiger partial charge in [0.15, 0.2) is 0 Å². The van der Waals surface area contributed by atoms with Gasteiger partial charge in [0.2, 0.25) is 0 Å². The number of benzene rings is 2. The van der Waals surface area contributed by atoms with E-state index >= 15 is 0 Å². The molecule has 1 aliphatic heterocycles. The summed E-state index contributed by atoms with van der Waals surface area (Å²) in [4.78, 5) is 17.3. The third kappa shape index (κ3) is 8.31. The first-order valence-electron chi connectivity index (χ1n) is 13.6. The number of rotatable bonds is 15. The van der Waals surface area contributed by atoms with Crippen LogP contribution in [-0.2, 0) is 19.1 Å². The van der Waals surface area contributed by atoms with Gasteiger partial charge in [0.1, 0.15) is 6.61 Å². The predicted octanol–water partition coefficient (Wildman–Crippen LogP) is 7.33. The van der Waals surface area contributed by atoms with E-state index in [1.165, 1.54) is 49.8 Å². The molecule has 2 aromatic carbocycles. The molecule has 36 heavy (non-hydrogen) atoms. The molecule has 0 aliphatic carbocycles. The molecule has 0 spiro atoms. The van der Waals surface area contributed by atoms with Gasteiger partial charge in [-0.2, -0.15) is 0 Å². The number of carboxylic acids is 1. The van der Waals surface area contributed by atoms with Crippen LogP contribution in [0.2, 0.25) is 0 Å². The number of hydrogen-bond acceptors (Lipinski definition) is 5. The summed E-state index contributed by atoms with van der Waals surface area (Å²) in [5, 5.41) is 16.3. The summed E-state index contributed by atoms with van der Waals surface area (Å²) in [7, 11) is 0. The summed E-state index contributed by atoms with van der Waals surface area (Å²) in [5.74, 6) is -2.39. The third-order valence-electron chi connectivity index (χ3n) is 7.13. The maximum absolute atomic E-state index is 11.7. The van der Waals surface area contributed by atoms with Crippen molar-refractivity contribution >= 4 is 22.5 Å². The molecule has 2 aromatic rings. The third-order valence-corrected chi connectivity index (χ3v) is 7.13. The molecule has 1 heterocycles. The zero-order valence-corrected chi connectivity index (χ0v) is 22.2. The first-order valence-corrected chi connectivity index (χ1v) is 13.6. The molecule has 6 nitrogen and oxygen atoms in total. The van der Waals surface area contributed by atoms with E-state index < -0.39 is 11.8 Å². The maximum atomic E-state index is 11.7. The van der Waals surface area contributed by atoms with E-state index in [0.717, 1.165) is 43.4 Å². The van der Waals surface area contributed by atoms with Crippen molar-refractivity contribution in [2.75, 3.05) is 13.2 Å². The van der Waals surface area contributed by atoms with Gasteiger partial charge in [0.25, 0.3) is 5.79 Å². The highest BCUT2D eigenvalue weighted by Crippen LogP contribution is 2.32. The summed E-state index contributed by atoms with van der Waals surface area (Å²) >= 11 is 0. The van der Waals surface area contributed by atoms with Crippen LogP contribution in [0.1, 0.15) is 90.5 Å². The molecule has 1 fully saturated rings. The SMILES string of the molecule is CCCCCCCCC1OC(C)(C(=O)O)OCC1CCCCON=C(C)c1ccc2ccccc2c1. The van der Waals surface area contributed by atoms with Crippen LogP contribution in [0.25, 0.3) is 10.8 Å². The predicted molar refractivity (Wildman–Crippen MR) is 144 cm³/mol. The molecule has 198 valence electrons. The first-order chi connectivity index (χ1) is 17.4. The second kappa shape index (κ2) is 14.3. The van der Waals surface area contributed by atoms with E-state index in [1.54, 1.807) is 0 Å². The van der Waals surface area contributed by atoms with Crippen LogP contribution in [0.3, 0.4) is 0 Å². The Morgan fingerprint density at radius 2 is 1.75 bits per heavy atom. The van der Waals surface area contributed by atoms with Gasteiger partial charge in [-0.15, -0.1) is 0 Å². The Kier molecular flexibility index (Phi) is 11.2. The number of oxime groups is 1. The van der Waals surface area contributed by atoms with Crippen molar-refractivity contribution in [1.29, 1.82) is 0 Å². The Morgan fingerprint density at radius 1 is 1.03 bits per heavy atom. The van der Waals surface area contributed by atoms with Crippen molar-refractivity contribution in [3.63, 3.8) is 0 Å². The van der Waals surface area contributed by atoms with Gasteiger partial charge < -0.3 is 19.4 Å². The number of fused-ring (bicyclic) bond motifs is 1. The molecule has 0 radical (unpaired) electrons. The van der Waals surface area contributed by atoms with Crippen molar-refractivity contribution in [2.24, 2.45) is 11.1 Å². The topological polar surface area (TPSA) is 77.4 Å². The second-order valence-corrected chi connectivity index (χ2v) is 10.1. The molecule has 0 aromatic heterocycles. The highest BCUT2D eigenvalue weighted by molar-refractivity contribution is 6.01. The molecule has 1 aliphatic rings. The second-order valence-electron chi connectivity index (χ2n) is 10.1. The Hall–Kier alpha value is -2.44. The minimum atomic E-state index is -1.54. The molecular formula is C30H43NO5. The maximum Gasteiger partial charge on any atom is 0.364 e. The van der Waals surface area contributed by atoms with Crippen molar-refractivity contribution in [1.82, 2.24) is 0 Å². The first kappa shape index (κ1) is 28.1. The van der Waals surface area contributed by atoms with Crippen LogP contribution in [0, 0.1) is 5.92 Å². The highest BCUT2D eigenvalue weighted by atomic mass is 16.7. The fourth-order valence-corrected chi connectivity index (χ4v) is 4.78. The van der Waals surface area contributed by atoms with Gasteiger partial charge in [-0.1, -0.05) is 87.0 Å². The van der Waals surface area contributed by atoms with Crippen LogP contribution in [0.4, 0.5) is 0 Å². The Balaban J connectivity index is 1.42. The lowest BCUT2D eigenvalue weighted by molar-refractivity contribution is -0.297. The van der Waals surface area contributed by atoms with Gasteiger partial charge in [-0.3, -0.25) is 0 Å². The van der Waals surface area contributed by atoms with E-state index in [4.69, 9.17) is 14.3 Å². The lowest BCUT2D eigenvalue weighted by Gasteiger charge is -2.40. The summed E-state index contributed by atoms with van der Waals surface area (Å²) in [6.07, 6.45) is 10.8. The van der Waals surface area contributed by atoms with Crippen LogP contribution in [0.5, 0.6) is 0 Å². The van der Waals surface area contributed by atoms with Crippen LogP contribution < -0.4 is 0 Å². The summed E-state index contributed by atoms with van der Waals surface area (Å²) in [6, 6.07) is 14.6. The standard InChI is InChI=1S/C30H43NO5/c1-4-5-6-7-8-9-17-28-27(22-34-30(3,36-28)29(32)33)16-12-13-20-35-31-23(2)25-19-18-24-14-10-11-15-26(24)21-25/h10-11,14-15,18-19,21,27-28H,4-9,12-13,16-17,20,22H2,1-3H3,(H,32,33). The quantitative estimate of drug-likeness (QED) is 0.158. The van der Waals surface area contributed by atoms with Gasteiger partial charge in [-0.25, -0.2) is 4.79 Å². The van der Waals surface area contributed by atoms with Gasteiger partial charge in [0, 0.05) is 12.8 Å². The van der Waals surface area contributed by atoms with Crippen molar-refractivity contribution in [3.8, 4) is 0 Å². The normalized spacial score (nSPS) is 22.6. The molecule has 0 saturated carbocycles. The zero-order chi connectivity index (χ0) is 25.8. The number of ether oxygens (including phenoxy) is 2. The Bertz CT molecular complexity index is 990. The van der Waals surface area contributed by atoms with E-state index in [9.17, 15) is 9.90 Å². The van der Waals surface area contributed by atoms with Crippen molar-refractivity contribution in [2.45, 2.75) is 96.9 Å². The molecule has 1 saturated heterocycles. The number of hydrogen-bond donors (Lipinski definition) is 1. The molecule has 6 heteroatoms. The van der Waals surface area contributed by atoms with Gasteiger partial charge in [0.05, 0.1) is 18.4 Å². The molecule has 3 atom stereocenters. The molecule has 3 rings (SSSR count). The van der Waals surface area contributed by atoms with Gasteiger partial charge in [-0.05, 0) is 55.0 Å². The fraction of sp³-hybridized carbons (Fsp3) is 0.600. The number of carboxylic acid groups (broad SMARTS) is 1.